The van der Waals surface area contributed by atoms with Crippen LogP contribution in [-0.4, -0.2) is 29.4 Å². The Kier molecular flexibility index (Phi) is 4.50. The maximum absolute atomic E-state index is 12.0. The van der Waals surface area contributed by atoms with Crippen LogP contribution in [0.15, 0.2) is 24.3 Å². The molecule has 4 nitrogen and oxygen atoms in total. The van der Waals surface area contributed by atoms with Gasteiger partial charge < -0.3 is 11.1 Å². The van der Waals surface area contributed by atoms with Crippen molar-refractivity contribution < 1.29 is 4.79 Å². The van der Waals surface area contributed by atoms with Crippen molar-refractivity contribution in [3.63, 3.8) is 0 Å². The third kappa shape index (κ3) is 3.68. The largest absolute Gasteiger partial charge is 0.350 e. The van der Waals surface area contributed by atoms with Gasteiger partial charge in [-0.3, -0.25) is 9.69 Å². The molecule has 0 unspecified atom stereocenters. The summed E-state index contributed by atoms with van der Waals surface area (Å²) in [6, 6.07) is 8.41. The summed E-state index contributed by atoms with van der Waals surface area (Å²) in [4.78, 5) is 14.5. The molecule has 0 radical (unpaired) electrons. The molecule has 1 amide bonds. The van der Waals surface area contributed by atoms with Crippen LogP contribution >= 0.6 is 0 Å². The van der Waals surface area contributed by atoms with Gasteiger partial charge in [-0.05, 0) is 49.3 Å². The van der Waals surface area contributed by atoms with Crippen molar-refractivity contribution in [2.24, 2.45) is 11.7 Å². The Labute approximate surface area is 133 Å². The Morgan fingerprint density at radius 3 is 2.77 bits per heavy atom. The van der Waals surface area contributed by atoms with Gasteiger partial charge in [0.25, 0.3) is 0 Å². The fourth-order valence-electron chi connectivity index (χ4n) is 3.27. The number of piperidine rings is 1. The number of carbonyl (C=O) groups excluding carboxylic acids is 1. The molecule has 1 saturated carbocycles. The van der Waals surface area contributed by atoms with Crippen LogP contribution in [0.1, 0.15) is 43.7 Å². The van der Waals surface area contributed by atoms with E-state index >= 15 is 0 Å². The molecular weight excluding hydrogens is 274 g/mol. The molecule has 2 aliphatic rings. The quantitative estimate of drug-likeness (QED) is 0.875. The van der Waals surface area contributed by atoms with Gasteiger partial charge in [-0.15, -0.1) is 0 Å². The summed E-state index contributed by atoms with van der Waals surface area (Å²) in [6.45, 7) is 6.24. The zero-order valence-electron chi connectivity index (χ0n) is 13.5. The van der Waals surface area contributed by atoms with Crippen molar-refractivity contribution in [2.75, 3.05) is 13.1 Å². The van der Waals surface area contributed by atoms with Crippen molar-refractivity contribution in [1.82, 2.24) is 10.2 Å². The van der Waals surface area contributed by atoms with Crippen LogP contribution in [-0.2, 0) is 17.9 Å². The number of nitrogens with two attached hydrogens (primary N) is 1. The number of nitrogens with one attached hydrogen (secondary N) is 1. The monoisotopic (exact) mass is 301 g/mol. The molecule has 3 N–H and O–H groups in total. The lowest BCUT2D eigenvalue weighted by Crippen LogP contribution is -2.42. The van der Waals surface area contributed by atoms with Gasteiger partial charge in [-0.25, -0.2) is 0 Å². The molecule has 0 bridgehead atoms. The summed E-state index contributed by atoms with van der Waals surface area (Å²) in [5.74, 6) is 0.779. The second-order valence-corrected chi connectivity index (χ2v) is 7.09. The normalized spacial score (nSPS) is 24.0. The highest BCUT2D eigenvalue weighted by Gasteiger charge is 2.45. The Balaban J connectivity index is 1.61. The fraction of sp³-hybridized carbons (Fsp3) is 0.611. The molecule has 0 aromatic heterocycles. The number of rotatable bonds is 5. The van der Waals surface area contributed by atoms with E-state index in [1.54, 1.807) is 0 Å². The van der Waals surface area contributed by atoms with Crippen LogP contribution in [0.3, 0.4) is 0 Å². The predicted octanol–water partition coefficient (Wildman–Crippen LogP) is 2.03. The molecule has 3 rings (SSSR count). The highest BCUT2D eigenvalue weighted by Crippen LogP contribution is 2.32. The van der Waals surface area contributed by atoms with Crippen LogP contribution in [0.5, 0.6) is 0 Å². The molecule has 1 aliphatic carbocycles. The average molecular weight is 301 g/mol. The molecular formula is C18H27N3O. The van der Waals surface area contributed by atoms with E-state index in [1.165, 1.54) is 37.1 Å². The number of likely N-dealkylation sites (tertiary alicyclic amines) is 1. The van der Waals surface area contributed by atoms with E-state index in [-0.39, 0.29) is 5.91 Å². The van der Waals surface area contributed by atoms with Gasteiger partial charge in [0.1, 0.15) is 0 Å². The van der Waals surface area contributed by atoms with Gasteiger partial charge in [0.2, 0.25) is 5.91 Å². The zero-order valence-corrected chi connectivity index (χ0v) is 13.5. The van der Waals surface area contributed by atoms with Gasteiger partial charge in [0.15, 0.2) is 0 Å². The lowest BCUT2D eigenvalue weighted by molar-refractivity contribution is -0.123. The second kappa shape index (κ2) is 6.39. The Morgan fingerprint density at radius 1 is 1.36 bits per heavy atom. The van der Waals surface area contributed by atoms with E-state index in [2.05, 4.69) is 35.3 Å². The minimum Gasteiger partial charge on any atom is -0.350 e. The molecule has 4 heteroatoms. The molecule has 0 spiro atoms. The van der Waals surface area contributed by atoms with Gasteiger partial charge in [0, 0.05) is 19.6 Å². The SMILES string of the molecule is C[C@H]1CCCN(Cc2ccccc2CNC(=O)C2(N)CC2)C1. The predicted molar refractivity (Wildman–Crippen MR) is 88.1 cm³/mol. The van der Waals surface area contributed by atoms with Crippen LogP contribution in [0.4, 0.5) is 0 Å². The van der Waals surface area contributed by atoms with E-state index < -0.39 is 5.54 Å². The van der Waals surface area contributed by atoms with Gasteiger partial charge in [-0.1, -0.05) is 31.2 Å². The molecule has 120 valence electrons. The van der Waals surface area contributed by atoms with Crippen molar-refractivity contribution in [1.29, 1.82) is 0 Å². The van der Waals surface area contributed by atoms with Crippen LogP contribution in [0.25, 0.3) is 0 Å². The lowest BCUT2D eigenvalue weighted by Gasteiger charge is -2.31. The van der Waals surface area contributed by atoms with Crippen LogP contribution in [0, 0.1) is 5.92 Å². The number of hydrogen-bond donors (Lipinski definition) is 2. The highest BCUT2D eigenvalue weighted by molar-refractivity contribution is 5.88. The Hall–Kier alpha value is -1.39. The molecule has 1 saturated heterocycles. The first-order valence-corrected chi connectivity index (χ1v) is 8.43. The van der Waals surface area contributed by atoms with E-state index in [9.17, 15) is 4.79 Å². The minimum atomic E-state index is -0.586. The van der Waals surface area contributed by atoms with E-state index in [0.29, 0.717) is 6.54 Å². The van der Waals surface area contributed by atoms with Gasteiger partial charge in [0.05, 0.1) is 5.54 Å². The van der Waals surface area contributed by atoms with E-state index in [0.717, 1.165) is 25.3 Å². The summed E-state index contributed by atoms with van der Waals surface area (Å²) in [7, 11) is 0. The van der Waals surface area contributed by atoms with E-state index in [4.69, 9.17) is 5.73 Å². The molecule has 2 fully saturated rings. The molecule has 1 heterocycles. The third-order valence-electron chi connectivity index (χ3n) is 4.93. The lowest BCUT2D eigenvalue weighted by atomic mass is 9.99. The summed E-state index contributed by atoms with van der Waals surface area (Å²) in [6.07, 6.45) is 4.25. The fourth-order valence-corrected chi connectivity index (χ4v) is 3.27. The van der Waals surface area contributed by atoms with Gasteiger partial charge in [-0.2, -0.15) is 0 Å². The number of amides is 1. The Bertz CT molecular complexity index is 539. The molecule has 1 aromatic carbocycles. The Morgan fingerprint density at radius 2 is 2.09 bits per heavy atom. The van der Waals surface area contributed by atoms with Crippen molar-refractivity contribution in [2.45, 2.75) is 51.2 Å². The summed E-state index contributed by atoms with van der Waals surface area (Å²) in [5.41, 5.74) is 7.88. The van der Waals surface area contributed by atoms with Crippen LogP contribution < -0.4 is 11.1 Å². The minimum absolute atomic E-state index is 0.00565. The first-order chi connectivity index (χ1) is 10.6. The number of benzene rings is 1. The standard InChI is InChI=1S/C18H27N3O/c1-14-5-4-10-21(12-14)13-16-7-3-2-6-15(16)11-20-17(22)18(19)8-9-18/h2-3,6-7,14H,4-5,8-13,19H2,1H3,(H,20,22)/t14-/m0/s1. The summed E-state index contributed by atoms with van der Waals surface area (Å²) >= 11 is 0. The smallest absolute Gasteiger partial charge is 0.240 e. The van der Waals surface area contributed by atoms with Crippen molar-refractivity contribution in [3.8, 4) is 0 Å². The van der Waals surface area contributed by atoms with Crippen LogP contribution in [0.2, 0.25) is 0 Å². The first-order valence-electron chi connectivity index (χ1n) is 8.43. The zero-order chi connectivity index (χ0) is 15.6. The summed E-state index contributed by atoms with van der Waals surface area (Å²) < 4.78 is 0. The summed E-state index contributed by atoms with van der Waals surface area (Å²) in [5, 5.41) is 3.01. The van der Waals surface area contributed by atoms with Crippen molar-refractivity contribution >= 4 is 5.91 Å². The maximum Gasteiger partial charge on any atom is 0.240 e. The molecule has 1 aromatic rings. The number of hydrogen-bond acceptors (Lipinski definition) is 3. The first kappa shape index (κ1) is 15.5. The number of nitrogens with zero attached hydrogens (tertiary/aromatic N) is 1. The average Bonchev–Trinajstić information content (AvgIpc) is 3.25. The van der Waals surface area contributed by atoms with Gasteiger partial charge >= 0.3 is 0 Å². The third-order valence-corrected chi connectivity index (χ3v) is 4.93. The maximum atomic E-state index is 12.0. The molecule has 1 aliphatic heterocycles. The second-order valence-electron chi connectivity index (χ2n) is 7.09. The molecule has 1 atom stereocenters. The highest BCUT2D eigenvalue weighted by atomic mass is 16.2. The number of carbonyl (C=O) groups is 1. The van der Waals surface area contributed by atoms with E-state index in [1.807, 2.05) is 6.07 Å². The van der Waals surface area contributed by atoms with Crippen molar-refractivity contribution in [3.05, 3.63) is 35.4 Å². The molecule has 22 heavy (non-hydrogen) atoms. The topological polar surface area (TPSA) is 58.4 Å².